The van der Waals surface area contributed by atoms with E-state index in [-0.39, 0.29) is 18.9 Å². The average Bonchev–Trinajstić information content (AvgIpc) is 3.31. The number of hydrogen-bond acceptors (Lipinski definition) is 8. The predicted molar refractivity (Wildman–Crippen MR) is 149 cm³/mol. The Kier molecular flexibility index (Phi) is 8.78. The molecule has 0 fully saturated rings. The van der Waals surface area contributed by atoms with Crippen LogP contribution in [0.3, 0.4) is 0 Å². The summed E-state index contributed by atoms with van der Waals surface area (Å²) in [5.74, 6) is 0.959. The molecule has 2 aliphatic rings. The summed E-state index contributed by atoms with van der Waals surface area (Å²) in [6.45, 7) is 6.61. The molecule has 0 bridgehead atoms. The first-order chi connectivity index (χ1) is 18.3. The Morgan fingerprint density at radius 1 is 1.11 bits per heavy atom. The number of hydrogen-bond donors (Lipinski definition) is 1. The Labute approximate surface area is 227 Å². The van der Waals surface area contributed by atoms with Gasteiger partial charge in [0, 0.05) is 17.8 Å². The van der Waals surface area contributed by atoms with Crippen molar-refractivity contribution in [2.75, 3.05) is 20.8 Å². The molecule has 2 aliphatic heterocycles. The SMILES string of the molecule is COc1ccc(OC)c([C@H]2C(C(=O)OCc3ccccc3)=C(C)N=C3SC=C(CC(=O)NCC(C)C)N32)c1. The summed E-state index contributed by atoms with van der Waals surface area (Å²) in [5, 5.41) is 5.58. The standard InChI is InChI=1S/C29H33N3O5S/c1-18(2)15-30-25(33)13-21-17-38-29-31-19(3)26(28(34)37-16-20-9-7-6-8-10-20)27(32(21)29)23-14-22(35-4)11-12-24(23)36-5/h6-12,14,17-18,27H,13,15-16H2,1-5H3,(H,30,33)/t27-/m0/s1. The van der Waals surface area contributed by atoms with Gasteiger partial charge in [0.15, 0.2) is 5.17 Å². The van der Waals surface area contributed by atoms with Gasteiger partial charge in [-0.3, -0.25) is 4.79 Å². The van der Waals surface area contributed by atoms with Gasteiger partial charge in [0.25, 0.3) is 0 Å². The van der Waals surface area contributed by atoms with Crippen molar-refractivity contribution in [2.45, 2.75) is 39.8 Å². The molecule has 38 heavy (non-hydrogen) atoms. The van der Waals surface area contributed by atoms with Crippen LogP contribution < -0.4 is 14.8 Å². The van der Waals surface area contributed by atoms with E-state index >= 15 is 0 Å². The van der Waals surface area contributed by atoms with Crippen LogP contribution in [0.25, 0.3) is 0 Å². The highest BCUT2D eigenvalue weighted by Gasteiger charge is 2.42. The van der Waals surface area contributed by atoms with Crippen molar-refractivity contribution < 1.29 is 23.8 Å². The summed E-state index contributed by atoms with van der Waals surface area (Å²) in [4.78, 5) is 33.1. The van der Waals surface area contributed by atoms with Crippen LogP contribution in [-0.2, 0) is 20.9 Å². The highest BCUT2D eigenvalue weighted by atomic mass is 32.2. The summed E-state index contributed by atoms with van der Waals surface area (Å²) >= 11 is 1.43. The van der Waals surface area contributed by atoms with E-state index in [1.165, 1.54) is 11.8 Å². The number of carbonyl (C=O) groups excluding carboxylic acids is 2. The molecule has 0 saturated heterocycles. The minimum Gasteiger partial charge on any atom is -0.497 e. The summed E-state index contributed by atoms with van der Waals surface area (Å²) in [6.07, 6.45) is 0.146. The fourth-order valence-corrected chi connectivity index (χ4v) is 5.29. The molecule has 1 atom stereocenters. The normalized spacial score (nSPS) is 16.6. The van der Waals surface area contributed by atoms with Gasteiger partial charge in [-0.2, -0.15) is 0 Å². The fourth-order valence-electron chi connectivity index (χ4n) is 4.32. The maximum absolute atomic E-state index is 13.7. The number of fused-ring (bicyclic) bond motifs is 1. The zero-order chi connectivity index (χ0) is 27.2. The average molecular weight is 536 g/mol. The third kappa shape index (κ3) is 6.05. The van der Waals surface area contributed by atoms with E-state index in [1.54, 1.807) is 27.2 Å². The van der Waals surface area contributed by atoms with Crippen LogP contribution in [0.2, 0.25) is 0 Å². The number of amides is 1. The fraction of sp³-hybridized carbons (Fsp3) is 0.345. The number of nitrogens with one attached hydrogen (secondary N) is 1. The zero-order valence-electron chi connectivity index (χ0n) is 22.3. The van der Waals surface area contributed by atoms with Gasteiger partial charge in [-0.05, 0) is 42.0 Å². The molecular formula is C29H33N3O5S. The van der Waals surface area contributed by atoms with Gasteiger partial charge in [-0.25, -0.2) is 9.79 Å². The zero-order valence-corrected chi connectivity index (χ0v) is 23.1. The lowest BCUT2D eigenvalue weighted by atomic mass is 9.92. The highest BCUT2D eigenvalue weighted by Crippen LogP contribution is 2.47. The summed E-state index contributed by atoms with van der Waals surface area (Å²) in [5.41, 5.74) is 3.27. The van der Waals surface area contributed by atoms with Crippen molar-refractivity contribution in [2.24, 2.45) is 10.9 Å². The summed E-state index contributed by atoms with van der Waals surface area (Å²) in [7, 11) is 3.17. The van der Waals surface area contributed by atoms with Crippen molar-refractivity contribution in [3.63, 3.8) is 0 Å². The van der Waals surface area contributed by atoms with Crippen LogP contribution in [0.15, 0.2) is 75.9 Å². The number of nitrogens with zero attached hydrogens (tertiary/aromatic N) is 2. The molecule has 0 aromatic heterocycles. The Morgan fingerprint density at radius 3 is 2.55 bits per heavy atom. The molecule has 2 aromatic rings. The third-order valence-corrected chi connectivity index (χ3v) is 7.10. The largest absolute Gasteiger partial charge is 0.497 e. The number of benzene rings is 2. The second-order valence-corrected chi connectivity index (χ2v) is 10.3. The molecule has 8 nitrogen and oxygen atoms in total. The number of esters is 1. The van der Waals surface area contributed by atoms with Crippen LogP contribution in [0.4, 0.5) is 0 Å². The first-order valence-electron chi connectivity index (χ1n) is 12.5. The molecule has 0 unspecified atom stereocenters. The number of thioether (sulfide) groups is 1. The third-order valence-electron chi connectivity index (χ3n) is 6.21. The maximum Gasteiger partial charge on any atom is 0.338 e. The van der Waals surface area contributed by atoms with Crippen molar-refractivity contribution in [1.82, 2.24) is 10.2 Å². The van der Waals surface area contributed by atoms with Crippen LogP contribution in [0, 0.1) is 5.92 Å². The Balaban J connectivity index is 1.73. The molecule has 2 heterocycles. The van der Waals surface area contributed by atoms with Gasteiger partial charge in [-0.15, -0.1) is 0 Å². The number of rotatable bonds is 10. The molecule has 4 rings (SSSR count). The summed E-state index contributed by atoms with van der Waals surface area (Å²) < 4.78 is 17.0. The van der Waals surface area contributed by atoms with Crippen LogP contribution in [0.5, 0.6) is 11.5 Å². The van der Waals surface area contributed by atoms with Crippen molar-refractivity contribution in [3.05, 3.63) is 82.0 Å². The number of ether oxygens (including phenoxy) is 3. The quantitative estimate of drug-likeness (QED) is 0.419. The predicted octanol–water partition coefficient (Wildman–Crippen LogP) is 5.18. The monoisotopic (exact) mass is 535 g/mol. The maximum atomic E-state index is 13.7. The first-order valence-corrected chi connectivity index (χ1v) is 13.3. The van der Waals surface area contributed by atoms with Gasteiger partial charge in [0.2, 0.25) is 5.91 Å². The number of amidine groups is 1. The number of allylic oxidation sites excluding steroid dienone is 1. The lowest BCUT2D eigenvalue weighted by Crippen LogP contribution is -2.38. The van der Waals surface area contributed by atoms with E-state index in [0.717, 1.165) is 11.3 Å². The molecule has 1 amide bonds. The topological polar surface area (TPSA) is 89.5 Å². The Bertz CT molecular complexity index is 1290. The van der Waals surface area contributed by atoms with Gasteiger partial charge >= 0.3 is 5.97 Å². The van der Waals surface area contributed by atoms with Gasteiger partial charge in [0.05, 0.1) is 38.0 Å². The lowest BCUT2D eigenvalue weighted by molar-refractivity contribution is -0.141. The molecule has 0 radical (unpaired) electrons. The van der Waals surface area contributed by atoms with E-state index in [0.29, 0.717) is 46.0 Å². The Hall–Kier alpha value is -3.72. The molecular weight excluding hydrogens is 502 g/mol. The highest BCUT2D eigenvalue weighted by molar-refractivity contribution is 8.16. The molecule has 200 valence electrons. The van der Waals surface area contributed by atoms with Crippen molar-refractivity contribution >= 4 is 28.8 Å². The minimum absolute atomic E-state index is 0.0948. The first kappa shape index (κ1) is 27.3. The Morgan fingerprint density at radius 2 is 1.87 bits per heavy atom. The van der Waals surface area contributed by atoms with E-state index in [1.807, 2.05) is 66.6 Å². The molecule has 1 N–H and O–H groups in total. The molecule has 0 saturated carbocycles. The lowest BCUT2D eigenvalue weighted by Gasteiger charge is -2.37. The van der Waals surface area contributed by atoms with E-state index in [2.05, 4.69) is 5.32 Å². The van der Waals surface area contributed by atoms with Gasteiger partial charge in [-0.1, -0.05) is 55.9 Å². The van der Waals surface area contributed by atoms with Gasteiger partial charge < -0.3 is 24.4 Å². The number of methoxy groups -OCH3 is 2. The smallest absolute Gasteiger partial charge is 0.338 e. The van der Waals surface area contributed by atoms with E-state index in [4.69, 9.17) is 19.2 Å². The minimum atomic E-state index is -0.630. The van der Waals surface area contributed by atoms with E-state index < -0.39 is 12.0 Å². The number of carbonyl (C=O) groups is 2. The second-order valence-electron chi connectivity index (χ2n) is 9.44. The van der Waals surface area contributed by atoms with Crippen molar-refractivity contribution in [1.29, 1.82) is 0 Å². The summed E-state index contributed by atoms with van der Waals surface area (Å²) in [6, 6.07) is 14.4. The van der Waals surface area contributed by atoms with Crippen LogP contribution >= 0.6 is 11.8 Å². The van der Waals surface area contributed by atoms with Crippen molar-refractivity contribution in [3.8, 4) is 11.5 Å². The molecule has 2 aromatic carbocycles. The van der Waals surface area contributed by atoms with Crippen LogP contribution in [0.1, 0.15) is 44.4 Å². The number of aliphatic imine (C=N–C) groups is 1. The molecule has 0 spiro atoms. The second kappa shape index (κ2) is 12.2. The van der Waals surface area contributed by atoms with Crippen LogP contribution in [-0.4, -0.2) is 42.7 Å². The molecule has 0 aliphatic carbocycles. The van der Waals surface area contributed by atoms with Gasteiger partial charge in [0.1, 0.15) is 18.1 Å². The molecule has 9 heteroatoms. The van der Waals surface area contributed by atoms with E-state index in [9.17, 15) is 9.59 Å².